The average Bonchev–Trinajstić information content (AvgIpc) is 2.41. The number of benzene rings is 2. The van der Waals surface area contributed by atoms with Gasteiger partial charge in [-0.1, -0.05) is 42.5 Å². The van der Waals surface area contributed by atoms with E-state index >= 15 is 0 Å². The molecule has 2 aromatic carbocycles. The summed E-state index contributed by atoms with van der Waals surface area (Å²) in [7, 11) is -3.53. The molecular weight excluding hydrogens is 279 g/mol. The summed E-state index contributed by atoms with van der Waals surface area (Å²) in [4.78, 5) is 2.12. The van der Waals surface area contributed by atoms with Crippen LogP contribution in [0.2, 0.25) is 0 Å². The molecule has 0 aliphatic rings. The van der Waals surface area contributed by atoms with Crippen LogP contribution in [0.1, 0.15) is 11.1 Å². The zero-order valence-corrected chi connectivity index (χ0v) is 11.3. The molecule has 2 aromatic rings. The molecule has 1 N–H and O–H groups in total. The lowest BCUT2D eigenvalue weighted by Crippen LogP contribution is -2.20. The molecule has 0 aromatic heterocycles. The van der Waals surface area contributed by atoms with Crippen molar-refractivity contribution < 1.29 is 12.8 Å². The lowest BCUT2D eigenvalue weighted by Gasteiger charge is -2.03. The van der Waals surface area contributed by atoms with Crippen LogP contribution in [0.3, 0.4) is 0 Å². The summed E-state index contributed by atoms with van der Waals surface area (Å²) in [5.41, 5.74) is 1.28. The molecule has 0 aliphatic heterocycles. The number of hydrogen-bond donors (Lipinski definition) is 1. The molecule has 0 atom stereocenters. The Morgan fingerprint density at radius 3 is 2.35 bits per heavy atom. The summed E-state index contributed by atoms with van der Waals surface area (Å²) in [5.74, 6) is -0.499. The normalized spacial score (nSPS) is 11.7. The fourth-order valence-corrected chi connectivity index (χ4v) is 2.47. The van der Waals surface area contributed by atoms with Crippen LogP contribution >= 0.6 is 0 Å². The minimum absolute atomic E-state index is 0.144. The molecule has 0 heterocycles. The van der Waals surface area contributed by atoms with Gasteiger partial charge in [0.15, 0.2) is 0 Å². The van der Waals surface area contributed by atoms with Crippen LogP contribution < -0.4 is 4.83 Å². The molecule has 0 saturated carbocycles. The zero-order chi connectivity index (χ0) is 14.4. The summed E-state index contributed by atoms with van der Waals surface area (Å²) >= 11 is 0. The van der Waals surface area contributed by atoms with Crippen molar-refractivity contribution in [1.29, 1.82) is 0 Å². The predicted molar refractivity (Wildman–Crippen MR) is 76.2 cm³/mol. The van der Waals surface area contributed by atoms with Gasteiger partial charge in [-0.25, -0.2) is 17.6 Å². The summed E-state index contributed by atoms with van der Waals surface area (Å²) < 4.78 is 36.2. The fourth-order valence-electron chi connectivity index (χ4n) is 1.56. The van der Waals surface area contributed by atoms with Crippen LogP contribution in [0.4, 0.5) is 4.39 Å². The molecule has 2 rings (SSSR count). The largest absolute Gasteiger partial charge is 0.251 e. The first kappa shape index (κ1) is 14.2. The minimum Gasteiger partial charge on any atom is -0.207 e. The van der Waals surface area contributed by atoms with Crippen molar-refractivity contribution in [2.24, 2.45) is 5.10 Å². The monoisotopic (exact) mass is 292 g/mol. The van der Waals surface area contributed by atoms with E-state index in [0.29, 0.717) is 11.1 Å². The maximum absolute atomic E-state index is 12.7. The van der Waals surface area contributed by atoms with Gasteiger partial charge in [0.25, 0.3) is 10.0 Å². The first-order valence-corrected chi connectivity index (χ1v) is 7.52. The molecule has 0 fully saturated rings. The van der Waals surface area contributed by atoms with Gasteiger partial charge in [0.05, 0.1) is 12.0 Å². The smallest absolute Gasteiger partial charge is 0.207 e. The minimum atomic E-state index is -3.53. The van der Waals surface area contributed by atoms with E-state index < -0.39 is 10.0 Å². The number of rotatable bonds is 5. The number of nitrogens with zero attached hydrogens (tertiary/aromatic N) is 1. The Morgan fingerprint density at radius 1 is 1.05 bits per heavy atom. The van der Waals surface area contributed by atoms with Crippen LogP contribution in [0.25, 0.3) is 0 Å². The standard InChI is InChI=1S/C14H13FN2O2S/c15-14-8-6-12(7-9-14)10-16-17-20(18,19)11-13-4-2-1-3-5-13/h1-10,17H,11H2/b16-10+. The summed E-state index contributed by atoms with van der Waals surface area (Å²) in [5, 5.41) is 3.65. The topological polar surface area (TPSA) is 58.5 Å². The second-order valence-corrected chi connectivity index (χ2v) is 5.85. The molecule has 0 spiro atoms. The number of hydrogen-bond acceptors (Lipinski definition) is 3. The van der Waals surface area contributed by atoms with Gasteiger partial charge in [0.1, 0.15) is 5.82 Å². The van der Waals surface area contributed by atoms with Crippen LogP contribution in [0, 0.1) is 5.82 Å². The highest BCUT2D eigenvalue weighted by molar-refractivity contribution is 7.88. The lowest BCUT2D eigenvalue weighted by molar-refractivity contribution is 0.584. The van der Waals surface area contributed by atoms with E-state index in [1.165, 1.54) is 30.5 Å². The predicted octanol–water partition coefficient (Wildman–Crippen LogP) is 2.28. The van der Waals surface area contributed by atoms with Gasteiger partial charge < -0.3 is 0 Å². The second-order valence-electron chi connectivity index (χ2n) is 4.15. The highest BCUT2D eigenvalue weighted by Crippen LogP contribution is 2.04. The van der Waals surface area contributed by atoms with Gasteiger partial charge in [0.2, 0.25) is 0 Å². The van der Waals surface area contributed by atoms with Crippen molar-refractivity contribution >= 4 is 16.2 Å². The maximum atomic E-state index is 12.7. The third-order valence-corrected chi connectivity index (χ3v) is 3.57. The Bertz CT molecular complexity index is 683. The highest BCUT2D eigenvalue weighted by atomic mass is 32.2. The number of sulfonamides is 1. The zero-order valence-electron chi connectivity index (χ0n) is 10.5. The average molecular weight is 292 g/mol. The summed E-state index contributed by atoms with van der Waals surface area (Å²) in [6, 6.07) is 14.4. The van der Waals surface area contributed by atoms with Crippen molar-refractivity contribution in [3.05, 3.63) is 71.5 Å². The molecule has 0 amide bonds. The van der Waals surface area contributed by atoms with E-state index in [1.807, 2.05) is 6.07 Å². The molecule has 4 nitrogen and oxygen atoms in total. The Kier molecular flexibility index (Phi) is 4.47. The van der Waals surface area contributed by atoms with Crippen LogP contribution in [-0.2, 0) is 15.8 Å². The third-order valence-electron chi connectivity index (χ3n) is 2.47. The first-order valence-electron chi connectivity index (χ1n) is 5.87. The highest BCUT2D eigenvalue weighted by Gasteiger charge is 2.09. The molecule has 0 unspecified atom stereocenters. The Morgan fingerprint density at radius 2 is 1.70 bits per heavy atom. The Hall–Kier alpha value is -2.21. The molecule has 6 heteroatoms. The molecule has 104 valence electrons. The third kappa shape index (κ3) is 4.47. The Balaban J connectivity index is 1.97. The molecule has 0 bridgehead atoms. The second kappa shape index (κ2) is 6.29. The van der Waals surface area contributed by atoms with Gasteiger partial charge in [0, 0.05) is 0 Å². The maximum Gasteiger partial charge on any atom is 0.251 e. The van der Waals surface area contributed by atoms with Crippen molar-refractivity contribution in [3.63, 3.8) is 0 Å². The molecular formula is C14H13FN2O2S. The quantitative estimate of drug-likeness (QED) is 0.679. The van der Waals surface area contributed by atoms with Crippen molar-refractivity contribution in [2.75, 3.05) is 0 Å². The van der Waals surface area contributed by atoms with E-state index in [4.69, 9.17) is 0 Å². The molecule has 0 radical (unpaired) electrons. The number of halogens is 1. The number of nitrogens with one attached hydrogen (secondary N) is 1. The van der Waals surface area contributed by atoms with Gasteiger partial charge in [-0.2, -0.15) is 5.10 Å². The van der Waals surface area contributed by atoms with Gasteiger partial charge in [-0.15, -0.1) is 0 Å². The van der Waals surface area contributed by atoms with E-state index in [0.717, 1.165) is 0 Å². The van der Waals surface area contributed by atoms with Gasteiger partial charge >= 0.3 is 0 Å². The van der Waals surface area contributed by atoms with E-state index in [-0.39, 0.29) is 11.6 Å². The van der Waals surface area contributed by atoms with Crippen molar-refractivity contribution in [2.45, 2.75) is 5.75 Å². The summed E-state index contributed by atoms with van der Waals surface area (Å²) in [6.45, 7) is 0. The number of hydrazone groups is 1. The van der Waals surface area contributed by atoms with E-state index in [2.05, 4.69) is 9.93 Å². The van der Waals surface area contributed by atoms with Crippen LogP contribution in [0.5, 0.6) is 0 Å². The summed E-state index contributed by atoms with van der Waals surface area (Å²) in [6.07, 6.45) is 1.32. The van der Waals surface area contributed by atoms with Crippen molar-refractivity contribution in [3.8, 4) is 0 Å². The SMILES string of the molecule is O=S(=O)(Cc1ccccc1)N/N=C/c1ccc(F)cc1. The molecule has 0 saturated heterocycles. The van der Waals surface area contributed by atoms with Crippen molar-refractivity contribution in [1.82, 2.24) is 4.83 Å². The van der Waals surface area contributed by atoms with Crippen LogP contribution in [-0.4, -0.2) is 14.6 Å². The molecule has 0 aliphatic carbocycles. The lowest BCUT2D eigenvalue weighted by atomic mass is 10.2. The van der Waals surface area contributed by atoms with Gasteiger partial charge in [-0.3, -0.25) is 0 Å². The van der Waals surface area contributed by atoms with Crippen LogP contribution in [0.15, 0.2) is 59.7 Å². The van der Waals surface area contributed by atoms with E-state index in [9.17, 15) is 12.8 Å². The van der Waals surface area contributed by atoms with E-state index in [1.54, 1.807) is 24.3 Å². The fraction of sp³-hybridized carbons (Fsp3) is 0.0714. The molecule has 20 heavy (non-hydrogen) atoms. The van der Waals surface area contributed by atoms with Gasteiger partial charge in [-0.05, 0) is 23.3 Å². The Labute approximate surface area is 117 Å². The first-order chi connectivity index (χ1) is 9.55.